The maximum Gasteiger partial charge on any atom is 0.155 e. The molecule has 6 unspecified atom stereocenters. The molecule has 4 aliphatic rings. The van der Waals surface area contributed by atoms with Crippen LogP contribution >= 0.6 is 0 Å². The van der Waals surface area contributed by atoms with Crippen LogP contribution in [0.3, 0.4) is 0 Å². The van der Waals surface area contributed by atoms with Gasteiger partial charge in [0.2, 0.25) is 0 Å². The van der Waals surface area contributed by atoms with Crippen molar-refractivity contribution in [1.82, 2.24) is 0 Å². The third-order valence-corrected chi connectivity index (χ3v) is 9.48. The molecule has 0 saturated heterocycles. The van der Waals surface area contributed by atoms with Crippen molar-refractivity contribution in [3.8, 4) is 0 Å². The summed E-state index contributed by atoms with van der Waals surface area (Å²) in [7, 11) is 0. The number of rotatable bonds is 5. The lowest BCUT2D eigenvalue weighted by atomic mass is 9.46. The van der Waals surface area contributed by atoms with Crippen molar-refractivity contribution in [1.29, 1.82) is 0 Å². The predicted octanol–water partition coefficient (Wildman–Crippen LogP) is 6.03. The lowest BCUT2D eigenvalue weighted by Crippen LogP contribution is -2.54. The SMILES string of the molecule is CCOC(C)OC1CCC2(C)C3=C(CCC2C1(C)C)C1=CCC(CO)C1(C)CC3. The fraction of sp³-hybridized carbons (Fsp3) is 0.846. The Morgan fingerprint density at radius 1 is 1.10 bits per heavy atom. The van der Waals surface area contributed by atoms with E-state index in [1.165, 1.54) is 32.1 Å². The minimum absolute atomic E-state index is 0.124. The summed E-state index contributed by atoms with van der Waals surface area (Å²) in [6.07, 6.45) is 10.9. The third kappa shape index (κ3) is 3.18. The Hall–Kier alpha value is -0.640. The molecular weight excluding hydrogens is 360 g/mol. The Bertz CT molecular complexity index is 705. The number of allylic oxidation sites excluding steroid dienone is 4. The van der Waals surface area contributed by atoms with E-state index in [1.54, 1.807) is 16.7 Å². The van der Waals surface area contributed by atoms with E-state index < -0.39 is 0 Å². The third-order valence-electron chi connectivity index (χ3n) is 9.48. The van der Waals surface area contributed by atoms with E-state index in [9.17, 15) is 5.11 Å². The molecule has 29 heavy (non-hydrogen) atoms. The maximum atomic E-state index is 9.94. The molecule has 164 valence electrons. The Labute approximate surface area is 177 Å². The molecule has 0 aromatic rings. The molecule has 0 aromatic carbocycles. The van der Waals surface area contributed by atoms with Gasteiger partial charge in [-0.25, -0.2) is 0 Å². The van der Waals surface area contributed by atoms with E-state index >= 15 is 0 Å². The minimum atomic E-state index is -0.124. The first-order valence-electron chi connectivity index (χ1n) is 12.0. The van der Waals surface area contributed by atoms with Gasteiger partial charge in [-0.3, -0.25) is 0 Å². The molecule has 3 nitrogen and oxygen atoms in total. The highest BCUT2D eigenvalue weighted by molar-refractivity contribution is 5.49. The Balaban J connectivity index is 1.63. The second-order valence-corrected chi connectivity index (χ2v) is 11.1. The summed E-state index contributed by atoms with van der Waals surface area (Å²) in [6, 6.07) is 0. The molecule has 0 spiro atoms. The van der Waals surface area contributed by atoms with Crippen molar-refractivity contribution in [3.05, 3.63) is 22.8 Å². The summed E-state index contributed by atoms with van der Waals surface area (Å²) in [6.45, 7) is 14.9. The fourth-order valence-electron chi connectivity index (χ4n) is 7.78. The summed E-state index contributed by atoms with van der Waals surface area (Å²) in [4.78, 5) is 0. The van der Waals surface area contributed by atoms with Gasteiger partial charge in [-0.15, -0.1) is 0 Å². The van der Waals surface area contributed by atoms with Crippen molar-refractivity contribution in [3.63, 3.8) is 0 Å². The monoisotopic (exact) mass is 402 g/mol. The molecule has 0 radical (unpaired) electrons. The van der Waals surface area contributed by atoms with Crippen molar-refractivity contribution in [2.45, 2.75) is 98.9 Å². The first-order valence-corrected chi connectivity index (χ1v) is 12.0. The zero-order chi connectivity index (χ0) is 21.0. The molecule has 4 aliphatic carbocycles. The fourth-order valence-corrected chi connectivity index (χ4v) is 7.78. The highest BCUT2D eigenvalue weighted by Crippen LogP contribution is 2.66. The maximum absolute atomic E-state index is 9.94. The second kappa shape index (κ2) is 7.50. The molecule has 0 bridgehead atoms. The predicted molar refractivity (Wildman–Crippen MR) is 117 cm³/mol. The van der Waals surface area contributed by atoms with Crippen molar-refractivity contribution in [2.75, 3.05) is 13.2 Å². The first-order chi connectivity index (χ1) is 13.7. The van der Waals surface area contributed by atoms with Gasteiger partial charge in [0.15, 0.2) is 6.29 Å². The van der Waals surface area contributed by atoms with Crippen LogP contribution in [-0.4, -0.2) is 30.7 Å². The number of ether oxygens (including phenoxy) is 2. The Kier molecular flexibility index (Phi) is 5.58. The van der Waals surface area contributed by atoms with Gasteiger partial charge in [-0.1, -0.05) is 39.3 Å². The molecule has 4 rings (SSSR count). The number of aliphatic hydroxyl groups is 1. The molecule has 3 heteroatoms. The Morgan fingerprint density at radius 3 is 2.55 bits per heavy atom. The molecule has 1 N–H and O–H groups in total. The second-order valence-electron chi connectivity index (χ2n) is 11.1. The van der Waals surface area contributed by atoms with E-state index in [0.29, 0.717) is 25.0 Å². The van der Waals surface area contributed by atoms with E-state index in [1.807, 2.05) is 13.8 Å². The normalized spacial score (nSPS) is 42.0. The zero-order valence-electron chi connectivity index (χ0n) is 19.5. The minimum Gasteiger partial charge on any atom is -0.396 e. The quantitative estimate of drug-likeness (QED) is 0.571. The van der Waals surface area contributed by atoms with Gasteiger partial charge in [0.1, 0.15) is 0 Å². The average molecular weight is 403 g/mol. The topological polar surface area (TPSA) is 38.7 Å². The van der Waals surface area contributed by atoms with Gasteiger partial charge in [0.05, 0.1) is 6.10 Å². The van der Waals surface area contributed by atoms with Crippen molar-refractivity contribution in [2.24, 2.45) is 28.1 Å². The van der Waals surface area contributed by atoms with Gasteiger partial charge < -0.3 is 14.6 Å². The van der Waals surface area contributed by atoms with Crippen LogP contribution in [0.15, 0.2) is 22.8 Å². The van der Waals surface area contributed by atoms with Crippen LogP contribution in [0.2, 0.25) is 0 Å². The lowest BCUT2D eigenvalue weighted by molar-refractivity contribution is -0.214. The van der Waals surface area contributed by atoms with E-state index in [2.05, 4.69) is 33.8 Å². The molecule has 0 aliphatic heterocycles. The van der Waals surface area contributed by atoms with Crippen LogP contribution in [-0.2, 0) is 9.47 Å². The number of aliphatic hydroxyl groups excluding tert-OH is 1. The standard InChI is InChI=1S/C26H42O3/c1-7-28-17(2)29-23-13-15-26(6)21-12-14-25(5)18(16-27)8-10-20(25)19(21)9-11-22(26)24(23,3)4/h10,17-18,22-23,27H,7-9,11-16H2,1-6H3. The van der Waals surface area contributed by atoms with Gasteiger partial charge in [-0.2, -0.15) is 0 Å². The summed E-state index contributed by atoms with van der Waals surface area (Å²) >= 11 is 0. The van der Waals surface area contributed by atoms with Crippen molar-refractivity contribution < 1.29 is 14.6 Å². The summed E-state index contributed by atoms with van der Waals surface area (Å²) in [5, 5.41) is 9.94. The molecule has 1 saturated carbocycles. The van der Waals surface area contributed by atoms with Crippen LogP contribution < -0.4 is 0 Å². The van der Waals surface area contributed by atoms with E-state index in [4.69, 9.17) is 9.47 Å². The molecule has 1 fully saturated rings. The molecular formula is C26H42O3. The zero-order valence-corrected chi connectivity index (χ0v) is 19.5. The highest BCUT2D eigenvalue weighted by Gasteiger charge is 2.57. The van der Waals surface area contributed by atoms with E-state index in [-0.39, 0.29) is 28.6 Å². The number of hydrogen-bond donors (Lipinski definition) is 1. The largest absolute Gasteiger partial charge is 0.396 e. The number of hydrogen-bond acceptors (Lipinski definition) is 3. The smallest absolute Gasteiger partial charge is 0.155 e. The van der Waals surface area contributed by atoms with Crippen LogP contribution in [0.25, 0.3) is 0 Å². The Morgan fingerprint density at radius 2 is 1.86 bits per heavy atom. The molecule has 0 amide bonds. The van der Waals surface area contributed by atoms with E-state index in [0.717, 1.165) is 12.8 Å². The van der Waals surface area contributed by atoms with Gasteiger partial charge in [0, 0.05) is 13.2 Å². The summed E-state index contributed by atoms with van der Waals surface area (Å²) in [5.74, 6) is 1.07. The first kappa shape index (κ1) is 21.6. The van der Waals surface area contributed by atoms with Crippen LogP contribution in [0.5, 0.6) is 0 Å². The van der Waals surface area contributed by atoms with Gasteiger partial charge in [-0.05, 0) is 98.0 Å². The van der Waals surface area contributed by atoms with Crippen molar-refractivity contribution >= 4 is 0 Å². The highest BCUT2D eigenvalue weighted by atomic mass is 16.7. The van der Waals surface area contributed by atoms with Crippen LogP contribution in [0.4, 0.5) is 0 Å². The van der Waals surface area contributed by atoms with Crippen LogP contribution in [0.1, 0.15) is 86.5 Å². The lowest BCUT2D eigenvalue weighted by Gasteiger charge is -2.60. The molecule has 6 atom stereocenters. The van der Waals surface area contributed by atoms with Gasteiger partial charge >= 0.3 is 0 Å². The summed E-state index contributed by atoms with van der Waals surface area (Å²) < 4.78 is 12.1. The average Bonchev–Trinajstić information content (AvgIpc) is 3.01. The summed E-state index contributed by atoms with van der Waals surface area (Å²) in [5.41, 5.74) is 5.64. The van der Waals surface area contributed by atoms with Gasteiger partial charge in [0.25, 0.3) is 0 Å². The molecule has 0 heterocycles. The molecule has 0 aromatic heterocycles. The number of fused-ring (bicyclic) bond motifs is 4. The van der Waals surface area contributed by atoms with Crippen LogP contribution in [0, 0.1) is 28.1 Å².